The van der Waals surface area contributed by atoms with Crippen LogP contribution in [0.5, 0.6) is 23.0 Å². The standard InChI is InChI=1S/C37H39NO4/c1-37(35(27-12-20-31(41-4)21-13-27)28-14-22-32(42-5)23-15-28)24-6-7-33(36(37)38)34(25-8-16-29(39-2)17-9-25)26-10-18-30(40-3)19-11-26/h6-24,34-36H,38H2,1-5H3. The highest BCUT2D eigenvalue weighted by atomic mass is 16.5. The van der Waals surface area contributed by atoms with E-state index in [2.05, 4.69) is 73.7 Å². The third-order valence-corrected chi connectivity index (χ3v) is 8.53. The Morgan fingerprint density at radius 3 is 1.21 bits per heavy atom. The molecule has 2 atom stereocenters. The van der Waals surface area contributed by atoms with E-state index >= 15 is 0 Å². The van der Waals surface area contributed by atoms with Crippen LogP contribution in [0.4, 0.5) is 0 Å². The van der Waals surface area contributed by atoms with Crippen LogP contribution in [-0.4, -0.2) is 34.5 Å². The van der Waals surface area contributed by atoms with Crippen LogP contribution in [0.15, 0.2) is 121 Å². The lowest BCUT2D eigenvalue weighted by molar-refractivity contribution is 0.312. The van der Waals surface area contributed by atoms with E-state index in [1.165, 1.54) is 0 Å². The van der Waals surface area contributed by atoms with Gasteiger partial charge in [0, 0.05) is 23.3 Å². The van der Waals surface area contributed by atoms with Crippen LogP contribution >= 0.6 is 0 Å². The second-order valence-electron chi connectivity index (χ2n) is 10.8. The zero-order valence-electron chi connectivity index (χ0n) is 24.9. The summed E-state index contributed by atoms with van der Waals surface area (Å²) in [6.07, 6.45) is 6.61. The molecule has 4 aromatic rings. The Balaban J connectivity index is 1.62. The van der Waals surface area contributed by atoms with Crippen molar-refractivity contribution in [3.05, 3.63) is 143 Å². The molecule has 42 heavy (non-hydrogen) atoms. The molecule has 2 N–H and O–H groups in total. The lowest BCUT2D eigenvalue weighted by Gasteiger charge is -2.45. The van der Waals surface area contributed by atoms with Crippen molar-refractivity contribution in [3.63, 3.8) is 0 Å². The van der Waals surface area contributed by atoms with Crippen LogP contribution in [0.2, 0.25) is 0 Å². The van der Waals surface area contributed by atoms with E-state index in [0.29, 0.717) is 0 Å². The Kier molecular flexibility index (Phi) is 8.69. The summed E-state index contributed by atoms with van der Waals surface area (Å²) in [5, 5.41) is 0. The summed E-state index contributed by atoms with van der Waals surface area (Å²) >= 11 is 0. The van der Waals surface area contributed by atoms with Gasteiger partial charge in [-0.3, -0.25) is 0 Å². The molecular formula is C37H39NO4. The molecule has 216 valence electrons. The van der Waals surface area contributed by atoms with E-state index in [1.54, 1.807) is 28.4 Å². The summed E-state index contributed by atoms with van der Waals surface area (Å²) in [5.41, 5.74) is 12.7. The number of hydrogen-bond donors (Lipinski definition) is 1. The molecule has 0 fully saturated rings. The van der Waals surface area contributed by atoms with Gasteiger partial charge in [-0.05, 0) is 76.4 Å². The van der Waals surface area contributed by atoms with Crippen molar-refractivity contribution in [2.75, 3.05) is 28.4 Å². The van der Waals surface area contributed by atoms with Crippen LogP contribution in [0, 0.1) is 5.41 Å². The Morgan fingerprint density at radius 2 is 0.881 bits per heavy atom. The largest absolute Gasteiger partial charge is 0.497 e. The van der Waals surface area contributed by atoms with Crippen LogP contribution in [0.3, 0.4) is 0 Å². The lowest BCUT2D eigenvalue weighted by atomic mass is 9.60. The molecule has 0 saturated carbocycles. The van der Waals surface area contributed by atoms with Gasteiger partial charge in [0.05, 0.1) is 28.4 Å². The first-order valence-electron chi connectivity index (χ1n) is 14.1. The number of nitrogens with two attached hydrogens (primary N) is 1. The SMILES string of the molecule is COc1ccc(C(C2=CC=CC(C)(C(c3ccc(OC)cc3)c3ccc(OC)cc3)C2N)c2ccc(OC)cc2)cc1. The molecule has 0 aliphatic heterocycles. The molecule has 2 unspecified atom stereocenters. The smallest absolute Gasteiger partial charge is 0.118 e. The maximum absolute atomic E-state index is 7.41. The fourth-order valence-electron chi connectivity index (χ4n) is 6.16. The maximum atomic E-state index is 7.41. The molecule has 5 rings (SSSR count). The third-order valence-electron chi connectivity index (χ3n) is 8.53. The number of rotatable bonds is 10. The highest BCUT2D eigenvalue weighted by molar-refractivity contribution is 5.51. The van der Waals surface area contributed by atoms with E-state index in [0.717, 1.165) is 50.8 Å². The minimum Gasteiger partial charge on any atom is -0.497 e. The fourth-order valence-corrected chi connectivity index (χ4v) is 6.16. The van der Waals surface area contributed by atoms with Gasteiger partial charge in [-0.1, -0.05) is 73.7 Å². The first kappa shape index (κ1) is 29.0. The highest BCUT2D eigenvalue weighted by Crippen LogP contribution is 2.50. The van der Waals surface area contributed by atoms with Gasteiger partial charge in [-0.25, -0.2) is 0 Å². The zero-order chi connectivity index (χ0) is 29.7. The summed E-state index contributed by atoms with van der Waals surface area (Å²) in [5.74, 6) is 3.18. The predicted molar refractivity (Wildman–Crippen MR) is 169 cm³/mol. The summed E-state index contributed by atoms with van der Waals surface area (Å²) in [4.78, 5) is 0. The second kappa shape index (κ2) is 12.6. The number of hydrogen-bond acceptors (Lipinski definition) is 5. The molecule has 0 aromatic heterocycles. The average molecular weight is 562 g/mol. The van der Waals surface area contributed by atoms with E-state index < -0.39 is 5.41 Å². The maximum Gasteiger partial charge on any atom is 0.118 e. The van der Waals surface area contributed by atoms with Crippen molar-refractivity contribution in [1.29, 1.82) is 0 Å². The second-order valence-corrected chi connectivity index (χ2v) is 10.8. The Morgan fingerprint density at radius 1 is 0.548 bits per heavy atom. The summed E-state index contributed by atoms with van der Waals surface area (Å²) in [6.45, 7) is 2.26. The van der Waals surface area contributed by atoms with E-state index in [1.807, 2.05) is 48.5 Å². The Hall–Kier alpha value is -4.48. The summed E-state index contributed by atoms with van der Waals surface area (Å²) < 4.78 is 21.9. The predicted octanol–water partition coefficient (Wildman–Crippen LogP) is 7.51. The van der Waals surface area contributed by atoms with Crippen molar-refractivity contribution >= 4 is 0 Å². The van der Waals surface area contributed by atoms with Gasteiger partial charge in [-0.15, -0.1) is 0 Å². The Labute approximate surface area is 249 Å². The minimum absolute atomic E-state index is 0.0309. The topological polar surface area (TPSA) is 62.9 Å². The number of benzene rings is 4. The van der Waals surface area contributed by atoms with Crippen LogP contribution < -0.4 is 24.7 Å². The highest BCUT2D eigenvalue weighted by Gasteiger charge is 2.44. The summed E-state index contributed by atoms with van der Waals surface area (Å²) in [7, 11) is 6.74. The molecule has 0 saturated heterocycles. The van der Waals surface area contributed by atoms with Crippen molar-refractivity contribution < 1.29 is 18.9 Å². The van der Waals surface area contributed by atoms with Gasteiger partial charge >= 0.3 is 0 Å². The van der Waals surface area contributed by atoms with Gasteiger partial charge in [0.2, 0.25) is 0 Å². The van der Waals surface area contributed by atoms with E-state index in [-0.39, 0.29) is 17.9 Å². The zero-order valence-corrected chi connectivity index (χ0v) is 24.9. The van der Waals surface area contributed by atoms with Crippen molar-refractivity contribution in [3.8, 4) is 23.0 Å². The monoisotopic (exact) mass is 561 g/mol. The first-order valence-corrected chi connectivity index (χ1v) is 14.1. The number of methoxy groups -OCH3 is 4. The molecule has 4 aromatic carbocycles. The van der Waals surface area contributed by atoms with Gasteiger partial charge < -0.3 is 24.7 Å². The van der Waals surface area contributed by atoms with Crippen LogP contribution in [-0.2, 0) is 0 Å². The van der Waals surface area contributed by atoms with Gasteiger partial charge in [-0.2, -0.15) is 0 Å². The van der Waals surface area contributed by atoms with E-state index in [4.69, 9.17) is 24.7 Å². The molecular weight excluding hydrogens is 522 g/mol. The summed E-state index contributed by atoms with van der Waals surface area (Å²) in [6, 6.07) is 32.9. The third kappa shape index (κ3) is 5.65. The molecule has 1 aliphatic carbocycles. The van der Waals surface area contributed by atoms with Crippen molar-refractivity contribution in [2.45, 2.75) is 24.8 Å². The van der Waals surface area contributed by atoms with Gasteiger partial charge in [0.15, 0.2) is 0 Å². The lowest BCUT2D eigenvalue weighted by Crippen LogP contribution is -2.46. The van der Waals surface area contributed by atoms with Crippen LogP contribution in [0.1, 0.15) is 41.0 Å². The molecule has 0 radical (unpaired) electrons. The van der Waals surface area contributed by atoms with E-state index in [9.17, 15) is 0 Å². The normalized spacial score (nSPS) is 18.1. The quantitative estimate of drug-likeness (QED) is 0.217. The molecule has 5 heteroatoms. The van der Waals surface area contributed by atoms with Gasteiger partial charge in [0.1, 0.15) is 23.0 Å². The molecule has 5 nitrogen and oxygen atoms in total. The average Bonchev–Trinajstić information content (AvgIpc) is 3.04. The Bertz CT molecular complexity index is 1430. The molecule has 0 bridgehead atoms. The van der Waals surface area contributed by atoms with Crippen molar-refractivity contribution in [2.24, 2.45) is 11.1 Å². The van der Waals surface area contributed by atoms with Crippen LogP contribution in [0.25, 0.3) is 0 Å². The number of ether oxygens (including phenoxy) is 4. The molecule has 1 aliphatic rings. The van der Waals surface area contributed by atoms with Gasteiger partial charge in [0.25, 0.3) is 0 Å². The molecule has 0 heterocycles. The minimum atomic E-state index is -0.454. The van der Waals surface area contributed by atoms with Crippen molar-refractivity contribution in [1.82, 2.24) is 0 Å². The number of allylic oxidation sites excluding steroid dienone is 2. The molecule has 0 amide bonds. The molecule has 0 spiro atoms. The fraction of sp³-hybridized carbons (Fsp3) is 0.243. The first-order chi connectivity index (χ1) is 20.4.